The maximum absolute atomic E-state index is 12.8. The van der Waals surface area contributed by atoms with Gasteiger partial charge in [0.1, 0.15) is 4.21 Å². The molecule has 0 saturated carbocycles. The van der Waals surface area contributed by atoms with Crippen LogP contribution in [0.25, 0.3) is 0 Å². The number of sulfonamides is 1. The Hall–Kier alpha value is -0.960. The zero-order valence-corrected chi connectivity index (χ0v) is 15.2. The van der Waals surface area contributed by atoms with E-state index in [-0.39, 0.29) is 12.6 Å². The third kappa shape index (κ3) is 4.53. The second-order valence-electron chi connectivity index (χ2n) is 5.87. The molecule has 0 amide bonds. The number of aliphatic carboxylic acids is 1. The van der Waals surface area contributed by atoms with Gasteiger partial charge in [0.2, 0.25) is 0 Å². The first-order valence-corrected chi connectivity index (χ1v) is 10.1. The van der Waals surface area contributed by atoms with E-state index in [0.717, 1.165) is 24.1 Å². The first-order chi connectivity index (χ1) is 10.8. The number of hydrogen-bond acceptors (Lipinski definition) is 5. The Morgan fingerprint density at radius 1 is 1.39 bits per heavy atom. The number of nitrogens with zero attached hydrogens (tertiary/aromatic N) is 2. The summed E-state index contributed by atoms with van der Waals surface area (Å²) < 4.78 is 27.5. The van der Waals surface area contributed by atoms with E-state index in [4.69, 9.17) is 5.11 Å². The number of hydrogen-bond donors (Lipinski definition) is 1. The smallest absolute Gasteiger partial charge is 0.317 e. The Bertz CT molecular complexity index is 642. The van der Waals surface area contributed by atoms with E-state index in [0.29, 0.717) is 23.7 Å². The van der Waals surface area contributed by atoms with Gasteiger partial charge in [-0.15, -0.1) is 11.3 Å². The monoisotopic (exact) mass is 360 g/mol. The average molecular weight is 361 g/mol. The summed E-state index contributed by atoms with van der Waals surface area (Å²) >= 11 is 1.34. The van der Waals surface area contributed by atoms with Crippen LogP contribution in [0.15, 0.2) is 16.3 Å². The summed E-state index contributed by atoms with van der Waals surface area (Å²) in [4.78, 5) is 13.7. The van der Waals surface area contributed by atoms with Gasteiger partial charge in [0.25, 0.3) is 10.0 Å². The Morgan fingerprint density at radius 3 is 2.74 bits per heavy atom. The summed E-state index contributed by atoms with van der Waals surface area (Å²) in [5, 5.41) is 8.89. The molecule has 1 unspecified atom stereocenters. The summed E-state index contributed by atoms with van der Waals surface area (Å²) in [7, 11) is -1.64. The van der Waals surface area contributed by atoms with E-state index in [1.165, 1.54) is 11.3 Å². The molecular weight excluding hydrogens is 336 g/mol. The van der Waals surface area contributed by atoms with Crippen molar-refractivity contribution >= 4 is 27.3 Å². The van der Waals surface area contributed by atoms with Crippen molar-refractivity contribution in [3.8, 4) is 0 Å². The number of carboxylic acid groups (broad SMARTS) is 1. The molecule has 1 aliphatic heterocycles. The molecule has 0 spiro atoms. The molecule has 8 heteroatoms. The number of rotatable bonds is 6. The molecule has 2 heterocycles. The minimum absolute atomic E-state index is 0.0117. The fourth-order valence-electron chi connectivity index (χ4n) is 2.89. The molecule has 130 valence electrons. The maximum Gasteiger partial charge on any atom is 0.317 e. The van der Waals surface area contributed by atoms with Crippen LogP contribution in [0, 0.1) is 0 Å². The lowest BCUT2D eigenvalue weighted by atomic mass is 10.1. The topological polar surface area (TPSA) is 77.9 Å². The quantitative estimate of drug-likeness (QED) is 0.838. The van der Waals surface area contributed by atoms with Crippen molar-refractivity contribution in [1.29, 1.82) is 0 Å². The molecule has 1 fully saturated rings. The molecule has 1 aliphatic rings. The summed E-state index contributed by atoms with van der Waals surface area (Å²) in [5.41, 5.74) is 0. The van der Waals surface area contributed by atoms with Crippen molar-refractivity contribution in [3.05, 3.63) is 17.0 Å². The van der Waals surface area contributed by atoms with Crippen LogP contribution in [-0.2, 0) is 21.2 Å². The lowest BCUT2D eigenvalue weighted by Gasteiger charge is -2.25. The van der Waals surface area contributed by atoms with Crippen molar-refractivity contribution in [2.24, 2.45) is 0 Å². The molecule has 1 saturated heterocycles. The van der Waals surface area contributed by atoms with Crippen LogP contribution >= 0.6 is 11.3 Å². The predicted molar refractivity (Wildman–Crippen MR) is 90.4 cm³/mol. The molecule has 6 nitrogen and oxygen atoms in total. The van der Waals surface area contributed by atoms with Crippen LogP contribution in [-0.4, -0.2) is 61.4 Å². The summed E-state index contributed by atoms with van der Waals surface area (Å²) in [6, 6.07) is 3.68. The van der Waals surface area contributed by atoms with Crippen molar-refractivity contribution in [1.82, 2.24) is 9.21 Å². The largest absolute Gasteiger partial charge is 0.480 e. The summed E-state index contributed by atoms with van der Waals surface area (Å²) in [5.74, 6) is -0.855. The molecule has 0 aliphatic carbocycles. The minimum atomic E-state index is -3.43. The van der Waals surface area contributed by atoms with Gasteiger partial charge in [-0.25, -0.2) is 8.42 Å². The van der Waals surface area contributed by atoms with E-state index in [1.807, 2.05) is 13.0 Å². The highest BCUT2D eigenvalue weighted by Crippen LogP contribution is 2.27. The molecule has 1 aromatic heterocycles. The van der Waals surface area contributed by atoms with Crippen LogP contribution < -0.4 is 0 Å². The van der Waals surface area contributed by atoms with Crippen molar-refractivity contribution in [3.63, 3.8) is 0 Å². The molecule has 1 atom stereocenters. The molecule has 23 heavy (non-hydrogen) atoms. The minimum Gasteiger partial charge on any atom is -0.480 e. The lowest BCUT2D eigenvalue weighted by Crippen LogP contribution is -2.37. The van der Waals surface area contributed by atoms with Gasteiger partial charge in [-0.1, -0.05) is 6.92 Å². The van der Waals surface area contributed by atoms with Crippen LogP contribution in [0.3, 0.4) is 0 Å². The normalized spacial score (nSPS) is 20.6. The Kier molecular flexibility index (Phi) is 6.19. The van der Waals surface area contributed by atoms with E-state index in [9.17, 15) is 13.2 Å². The fraction of sp³-hybridized carbons (Fsp3) is 0.667. The molecule has 2 rings (SSSR count). The fourth-order valence-corrected chi connectivity index (χ4v) is 5.83. The first-order valence-electron chi connectivity index (χ1n) is 7.85. The van der Waals surface area contributed by atoms with Gasteiger partial charge in [0.05, 0.1) is 6.54 Å². The Labute approximate surface area is 141 Å². The van der Waals surface area contributed by atoms with Crippen LogP contribution in [0.4, 0.5) is 0 Å². The highest BCUT2D eigenvalue weighted by molar-refractivity contribution is 7.91. The summed E-state index contributed by atoms with van der Waals surface area (Å²) in [6.45, 7) is 2.94. The van der Waals surface area contributed by atoms with Gasteiger partial charge in [-0.3, -0.25) is 9.69 Å². The third-order valence-electron chi connectivity index (χ3n) is 4.24. The van der Waals surface area contributed by atoms with Crippen molar-refractivity contribution in [2.45, 2.75) is 42.9 Å². The van der Waals surface area contributed by atoms with Crippen LogP contribution in [0.1, 0.15) is 31.1 Å². The zero-order valence-electron chi connectivity index (χ0n) is 13.6. The number of carboxylic acids is 1. The van der Waals surface area contributed by atoms with Gasteiger partial charge < -0.3 is 5.11 Å². The Balaban J connectivity index is 2.06. The second kappa shape index (κ2) is 7.74. The van der Waals surface area contributed by atoms with Gasteiger partial charge in [-0.05, 0) is 44.9 Å². The Morgan fingerprint density at radius 2 is 2.13 bits per heavy atom. The van der Waals surface area contributed by atoms with Crippen molar-refractivity contribution in [2.75, 3.05) is 26.7 Å². The molecule has 1 aromatic rings. The number of aryl methyl sites for hydroxylation is 1. The molecule has 1 N–H and O–H groups in total. The molecule has 0 aromatic carbocycles. The van der Waals surface area contributed by atoms with E-state index in [2.05, 4.69) is 0 Å². The van der Waals surface area contributed by atoms with E-state index < -0.39 is 16.0 Å². The van der Waals surface area contributed by atoms with Gasteiger partial charge in [-0.2, -0.15) is 4.31 Å². The first kappa shape index (κ1) is 18.4. The van der Waals surface area contributed by atoms with E-state index in [1.54, 1.807) is 22.3 Å². The molecule has 0 bridgehead atoms. The third-order valence-corrected chi connectivity index (χ3v) is 7.84. The number of thiophene rings is 1. The highest BCUT2D eigenvalue weighted by Gasteiger charge is 2.30. The zero-order chi connectivity index (χ0) is 17.0. The molecule has 0 radical (unpaired) electrons. The average Bonchev–Trinajstić information content (AvgIpc) is 2.83. The van der Waals surface area contributed by atoms with Gasteiger partial charge in [0.15, 0.2) is 0 Å². The standard InChI is InChI=1S/C15H24N2O4S2/c1-3-13-6-7-15(22-13)23(20,21)17-9-4-5-12(8-10-17)16(2)11-14(18)19/h6-7,12H,3-5,8-11H2,1-2H3,(H,18,19). The second-order valence-corrected chi connectivity index (χ2v) is 9.21. The van der Waals surface area contributed by atoms with E-state index >= 15 is 0 Å². The van der Waals surface area contributed by atoms with Gasteiger partial charge >= 0.3 is 5.97 Å². The highest BCUT2D eigenvalue weighted by atomic mass is 32.2. The molecular formula is C15H24N2O4S2. The van der Waals surface area contributed by atoms with Crippen LogP contribution in [0.5, 0.6) is 0 Å². The predicted octanol–water partition coefficient (Wildman–Crippen LogP) is 1.87. The summed E-state index contributed by atoms with van der Waals surface area (Å²) in [6.07, 6.45) is 3.07. The number of likely N-dealkylation sites (N-methyl/N-ethyl adjacent to an activating group) is 1. The van der Waals surface area contributed by atoms with Crippen molar-refractivity contribution < 1.29 is 18.3 Å². The SMILES string of the molecule is CCc1ccc(S(=O)(=O)N2CCCC(N(C)CC(=O)O)CC2)s1. The number of carbonyl (C=O) groups is 1. The van der Waals surface area contributed by atoms with Crippen LogP contribution in [0.2, 0.25) is 0 Å². The lowest BCUT2D eigenvalue weighted by molar-refractivity contribution is -0.138. The maximum atomic E-state index is 12.8. The van der Waals surface area contributed by atoms with Gasteiger partial charge in [0, 0.05) is 24.0 Å².